The number of unbranched alkanes of at least 4 members (excludes halogenated alkanes) is 1. The van der Waals surface area contributed by atoms with Crippen molar-refractivity contribution in [3.63, 3.8) is 0 Å². The highest BCUT2D eigenvalue weighted by molar-refractivity contribution is 5.48. The van der Waals surface area contributed by atoms with Gasteiger partial charge in [0, 0.05) is 18.8 Å². The second kappa shape index (κ2) is 7.00. The average Bonchev–Trinajstić information content (AvgIpc) is 2.98. The van der Waals surface area contributed by atoms with Crippen LogP contribution in [-0.2, 0) is 0 Å². The maximum Gasteiger partial charge on any atom is 0.127 e. The Morgan fingerprint density at radius 3 is 2.53 bits per heavy atom. The highest BCUT2D eigenvalue weighted by Crippen LogP contribution is 2.27. The topological polar surface area (TPSA) is 42.4 Å². The van der Waals surface area contributed by atoms with E-state index in [1.807, 2.05) is 18.2 Å². The van der Waals surface area contributed by atoms with Crippen molar-refractivity contribution in [3.8, 4) is 0 Å². The van der Waals surface area contributed by atoms with E-state index in [4.69, 9.17) is 10.2 Å². The van der Waals surface area contributed by atoms with Gasteiger partial charge in [-0.1, -0.05) is 31.5 Å². The molecule has 3 nitrogen and oxygen atoms in total. The van der Waals surface area contributed by atoms with Crippen LogP contribution in [0.25, 0.3) is 0 Å². The first kappa shape index (κ1) is 13.7. The normalized spacial score (nSPS) is 12.3. The molecule has 0 fully saturated rings. The fourth-order valence-electron chi connectivity index (χ4n) is 2.29. The molecule has 3 heteroatoms. The summed E-state index contributed by atoms with van der Waals surface area (Å²) in [5, 5.41) is 0. The van der Waals surface area contributed by atoms with Crippen molar-refractivity contribution in [2.24, 2.45) is 5.73 Å². The van der Waals surface area contributed by atoms with E-state index in [-0.39, 0.29) is 6.04 Å². The molecule has 1 unspecified atom stereocenters. The van der Waals surface area contributed by atoms with Crippen LogP contribution in [0.4, 0.5) is 5.69 Å². The lowest BCUT2D eigenvalue weighted by molar-refractivity contribution is 0.448. The van der Waals surface area contributed by atoms with E-state index in [0.29, 0.717) is 6.54 Å². The van der Waals surface area contributed by atoms with Gasteiger partial charge in [-0.05, 0) is 30.7 Å². The second-order valence-electron chi connectivity index (χ2n) is 4.65. The van der Waals surface area contributed by atoms with Gasteiger partial charge in [0.2, 0.25) is 0 Å². The number of benzene rings is 1. The number of nitrogens with two attached hydrogens (primary N) is 1. The SMILES string of the molecule is CCCCN(c1ccccc1)C(CN)c1ccco1. The maximum absolute atomic E-state index is 5.97. The highest BCUT2D eigenvalue weighted by atomic mass is 16.3. The van der Waals surface area contributed by atoms with Gasteiger partial charge < -0.3 is 15.1 Å². The summed E-state index contributed by atoms with van der Waals surface area (Å²) in [5.74, 6) is 0.933. The molecule has 102 valence electrons. The third-order valence-electron chi connectivity index (χ3n) is 3.31. The van der Waals surface area contributed by atoms with Crippen molar-refractivity contribution in [2.75, 3.05) is 18.0 Å². The Balaban J connectivity index is 2.25. The molecule has 1 atom stereocenters. The largest absolute Gasteiger partial charge is 0.467 e. The summed E-state index contributed by atoms with van der Waals surface area (Å²) >= 11 is 0. The molecule has 0 amide bonds. The van der Waals surface area contributed by atoms with Crippen molar-refractivity contribution in [2.45, 2.75) is 25.8 Å². The predicted molar refractivity (Wildman–Crippen MR) is 79.2 cm³/mol. The van der Waals surface area contributed by atoms with Gasteiger partial charge in [0.15, 0.2) is 0 Å². The molecule has 0 spiro atoms. The van der Waals surface area contributed by atoms with Crippen LogP contribution >= 0.6 is 0 Å². The monoisotopic (exact) mass is 258 g/mol. The molecule has 0 radical (unpaired) electrons. The molecular formula is C16H22N2O. The molecule has 2 rings (SSSR count). The van der Waals surface area contributed by atoms with E-state index < -0.39 is 0 Å². The standard InChI is InChI=1S/C16H22N2O/c1-2-3-11-18(14-8-5-4-6-9-14)15(13-17)16-10-7-12-19-16/h4-10,12,15H,2-3,11,13,17H2,1H3. The van der Waals surface area contributed by atoms with E-state index in [9.17, 15) is 0 Å². The number of para-hydroxylation sites is 1. The van der Waals surface area contributed by atoms with Gasteiger partial charge in [0.1, 0.15) is 5.76 Å². The van der Waals surface area contributed by atoms with Gasteiger partial charge >= 0.3 is 0 Å². The molecule has 0 saturated carbocycles. The number of hydrogen-bond acceptors (Lipinski definition) is 3. The number of nitrogens with zero attached hydrogens (tertiary/aromatic N) is 1. The van der Waals surface area contributed by atoms with Crippen LogP contribution in [0.2, 0.25) is 0 Å². The third kappa shape index (κ3) is 3.38. The van der Waals surface area contributed by atoms with Gasteiger partial charge in [0.05, 0.1) is 12.3 Å². The average molecular weight is 258 g/mol. The summed E-state index contributed by atoms with van der Waals surface area (Å²) in [6.07, 6.45) is 4.02. The Labute approximate surface area is 115 Å². The Hall–Kier alpha value is -1.74. The molecular weight excluding hydrogens is 236 g/mol. The summed E-state index contributed by atoms with van der Waals surface area (Å²) in [4.78, 5) is 2.34. The lowest BCUT2D eigenvalue weighted by Crippen LogP contribution is -2.34. The zero-order valence-electron chi connectivity index (χ0n) is 11.5. The van der Waals surface area contributed by atoms with E-state index in [0.717, 1.165) is 18.7 Å². The van der Waals surface area contributed by atoms with Crippen LogP contribution in [-0.4, -0.2) is 13.1 Å². The molecule has 0 aliphatic rings. The fourth-order valence-corrected chi connectivity index (χ4v) is 2.29. The third-order valence-corrected chi connectivity index (χ3v) is 3.31. The minimum Gasteiger partial charge on any atom is -0.467 e. The molecule has 1 aromatic carbocycles. The molecule has 0 aliphatic heterocycles. The van der Waals surface area contributed by atoms with E-state index >= 15 is 0 Å². The lowest BCUT2D eigenvalue weighted by atomic mass is 10.1. The Morgan fingerprint density at radius 2 is 1.95 bits per heavy atom. The van der Waals surface area contributed by atoms with E-state index in [1.54, 1.807) is 6.26 Å². The molecule has 0 bridgehead atoms. The molecule has 0 saturated heterocycles. The van der Waals surface area contributed by atoms with Crippen molar-refractivity contribution < 1.29 is 4.42 Å². The lowest BCUT2D eigenvalue weighted by Gasteiger charge is -2.31. The first-order chi connectivity index (χ1) is 9.36. The van der Waals surface area contributed by atoms with Crippen molar-refractivity contribution in [1.82, 2.24) is 0 Å². The Bertz CT molecular complexity index is 453. The van der Waals surface area contributed by atoms with Crippen LogP contribution in [0.5, 0.6) is 0 Å². The number of rotatable bonds is 7. The number of hydrogen-bond donors (Lipinski definition) is 1. The first-order valence-electron chi connectivity index (χ1n) is 6.92. The second-order valence-corrected chi connectivity index (χ2v) is 4.65. The van der Waals surface area contributed by atoms with Gasteiger partial charge in [-0.3, -0.25) is 0 Å². The van der Waals surface area contributed by atoms with Gasteiger partial charge in [0.25, 0.3) is 0 Å². The molecule has 19 heavy (non-hydrogen) atoms. The van der Waals surface area contributed by atoms with Crippen molar-refractivity contribution in [3.05, 3.63) is 54.5 Å². The summed E-state index contributed by atoms with van der Waals surface area (Å²) in [6.45, 7) is 3.74. The van der Waals surface area contributed by atoms with Gasteiger partial charge in [-0.2, -0.15) is 0 Å². The Kier molecular flexibility index (Phi) is 5.04. The quantitative estimate of drug-likeness (QED) is 0.825. The van der Waals surface area contributed by atoms with Crippen LogP contribution in [0, 0.1) is 0 Å². The summed E-state index contributed by atoms with van der Waals surface area (Å²) < 4.78 is 5.55. The van der Waals surface area contributed by atoms with E-state index in [2.05, 4.69) is 36.1 Å². The molecule has 1 heterocycles. The van der Waals surface area contributed by atoms with Crippen LogP contribution in [0.3, 0.4) is 0 Å². The molecule has 0 aliphatic carbocycles. The summed E-state index contributed by atoms with van der Waals surface area (Å²) in [5.41, 5.74) is 7.17. The van der Waals surface area contributed by atoms with Crippen LogP contribution in [0.1, 0.15) is 31.6 Å². The molecule has 2 aromatic rings. The summed E-state index contributed by atoms with van der Waals surface area (Å²) in [6, 6.07) is 14.4. The van der Waals surface area contributed by atoms with Crippen LogP contribution in [0.15, 0.2) is 53.1 Å². The van der Waals surface area contributed by atoms with Crippen molar-refractivity contribution in [1.29, 1.82) is 0 Å². The Morgan fingerprint density at radius 1 is 1.16 bits per heavy atom. The minimum absolute atomic E-state index is 0.101. The highest BCUT2D eigenvalue weighted by Gasteiger charge is 2.21. The first-order valence-corrected chi connectivity index (χ1v) is 6.92. The van der Waals surface area contributed by atoms with E-state index in [1.165, 1.54) is 12.1 Å². The number of furan rings is 1. The maximum atomic E-state index is 5.97. The van der Waals surface area contributed by atoms with Crippen molar-refractivity contribution >= 4 is 5.69 Å². The fraction of sp³-hybridized carbons (Fsp3) is 0.375. The molecule has 2 N–H and O–H groups in total. The van der Waals surface area contributed by atoms with Gasteiger partial charge in [-0.15, -0.1) is 0 Å². The predicted octanol–water partition coefficient (Wildman–Crippen LogP) is 3.59. The summed E-state index contributed by atoms with van der Waals surface area (Å²) in [7, 11) is 0. The molecule has 1 aromatic heterocycles. The number of anilines is 1. The zero-order chi connectivity index (χ0) is 13.5. The van der Waals surface area contributed by atoms with Crippen LogP contribution < -0.4 is 10.6 Å². The smallest absolute Gasteiger partial charge is 0.127 e. The zero-order valence-corrected chi connectivity index (χ0v) is 11.5. The minimum atomic E-state index is 0.101. The van der Waals surface area contributed by atoms with Gasteiger partial charge in [-0.25, -0.2) is 0 Å².